The van der Waals surface area contributed by atoms with Gasteiger partial charge in [-0.2, -0.15) is 4.40 Å². The van der Waals surface area contributed by atoms with E-state index < -0.39 is 0 Å². The van der Waals surface area contributed by atoms with Crippen molar-refractivity contribution in [1.82, 2.24) is 0 Å². The molecule has 0 aliphatic rings. The first-order chi connectivity index (χ1) is 8.18. The zero-order chi connectivity index (χ0) is 12.0. The zero-order valence-corrected chi connectivity index (χ0v) is 9.31. The average molecular weight is 228 g/mol. The maximum atomic E-state index is 13.3. The summed E-state index contributed by atoms with van der Waals surface area (Å²) in [5.74, 6) is -0.0930. The molecule has 2 aromatic heterocycles. The Morgan fingerprint density at radius 2 is 1.94 bits per heavy atom. The van der Waals surface area contributed by atoms with Crippen LogP contribution >= 0.6 is 0 Å². The lowest BCUT2D eigenvalue weighted by atomic mass is 10.1. The number of fused-ring (bicyclic) bond motifs is 3. The van der Waals surface area contributed by atoms with E-state index in [-0.39, 0.29) is 11.6 Å². The lowest BCUT2D eigenvalue weighted by molar-refractivity contribution is -0.482. The molecule has 0 unspecified atom stereocenters. The van der Waals surface area contributed by atoms with Gasteiger partial charge in [-0.15, -0.1) is 0 Å². The van der Waals surface area contributed by atoms with Crippen LogP contribution in [0.3, 0.4) is 0 Å². The molecule has 0 fully saturated rings. The molecule has 2 heterocycles. The van der Waals surface area contributed by atoms with Crippen molar-refractivity contribution in [2.75, 3.05) is 0 Å². The molecule has 0 atom stereocenters. The van der Waals surface area contributed by atoms with Crippen LogP contribution in [-0.2, 0) is 0 Å². The number of hydrogen-bond donors (Lipinski definition) is 1. The maximum Gasteiger partial charge on any atom is 0.225 e. The number of aromatic hydroxyl groups is 1. The first-order valence-corrected chi connectivity index (χ1v) is 5.39. The van der Waals surface area contributed by atoms with Crippen LogP contribution < -0.4 is 4.40 Å². The second kappa shape index (κ2) is 3.42. The molecule has 3 aromatic rings. The molecule has 3 heteroatoms. The molecular formula is C14H11FNO+. The van der Waals surface area contributed by atoms with E-state index in [9.17, 15) is 9.50 Å². The number of nitrogens with zero attached hydrogens (tertiary/aromatic N) is 1. The van der Waals surface area contributed by atoms with Gasteiger partial charge in [-0.05, 0) is 25.1 Å². The van der Waals surface area contributed by atoms with Crippen molar-refractivity contribution >= 4 is 16.4 Å². The van der Waals surface area contributed by atoms with Gasteiger partial charge in [0.1, 0.15) is 11.6 Å². The number of pyridine rings is 2. The molecule has 2 nitrogen and oxygen atoms in total. The second-order valence-corrected chi connectivity index (χ2v) is 4.09. The summed E-state index contributed by atoms with van der Waals surface area (Å²) < 4.78 is 15.2. The van der Waals surface area contributed by atoms with Gasteiger partial charge in [0.25, 0.3) is 0 Å². The Kier molecular flexibility index (Phi) is 2.01. The third-order valence-corrected chi connectivity index (χ3v) is 3.07. The molecule has 1 aromatic carbocycles. The second-order valence-electron chi connectivity index (χ2n) is 4.09. The minimum absolute atomic E-state index is 0.214. The first kappa shape index (κ1) is 10.0. The number of aryl methyl sites for hydroxylation is 1. The first-order valence-electron chi connectivity index (χ1n) is 5.39. The van der Waals surface area contributed by atoms with Gasteiger partial charge in [-0.25, -0.2) is 4.39 Å². The van der Waals surface area contributed by atoms with Crippen LogP contribution in [0.5, 0.6) is 5.75 Å². The highest BCUT2D eigenvalue weighted by Gasteiger charge is 2.17. The van der Waals surface area contributed by atoms with Crippen molar-refractivity contribution in [3.63, 3.8) is 0 Å². The normalized spacial score (nSPS) is 11.2. The minimum atomic E-state index is -0.307. The quantitative estimate of drug-likeness (QED) is 0.464. The number of aromatic nitrogens is 1. The van der Waals surface area contributed by atoms with Crippen LogP contribution in [0.15, 0.2) is 42.6 Å². The van der Waals surface area contributed by atoms with E-state index in [0.717, 1.165) is 11.1 Å². The topological polar surface area (TPSA) is 24.3 Å². The van der Waals surface area contributed by atoms with Gasteiger partial charge in [-0.1, -0.05) is 0 Å². The van der Waals surface area contributed by atoms with E-state index in [2.05, 4.69) is 0 Å². The molecule has 0 spiro atoms. The highest BCUT2D eigenvalue weighted by atomic mass is 19.1. The molecule has 3 rings (SSSR count). The largest absolute Gasteiger partial charge is 0.507 e. The Balaban J connectivity index is 2.66. The van der Waals surface area contributed by atoms with Crippen molar-refractivity contribution in [3.8, 4) is 5.75 Å². The van der Waals surface area contributed by atoms with Crippen LogP contribution in [-0.4, -0.2) is 5.11 Å². The summed E-state index contributed by atoms with van der Waals surface area (Å²) in [5, 5.41) is 10.8. The van der Waals surface area contributed by atoms with Crippen LogP contribution in [0.4, 0.5) is 4.39 Å². The van der Waals surface area contributed by atoms with E-state index in [0.29, 0.717) is 10.9 Å². The van der Waals surface area contributed by atoms with Gasteiger partial charge in [0.15, 0.2) is 6.20 Å². The van der Waals surface area contributed by atoms with Crippen molar-refractivity contribution in [3.05, 3.63) is 54.0 Å². The van der Waals surface area contributed by atoms with Gasteiger partial charge >= 0.3 is 0 Å². The average Bonchev–Trinajstić information content (AvgIpc) is 2.36. The van der Waals surface area contributed by atoms with Crippen LogP contribution in [0.1, 0.15) is 5.56 Å². The fourth-order valence-corrected chi connectivity index (χ4v) is 2.19. The lowest BCUT2D eigenvalue weighted by Gasteiger charge is -2.04. The number of halogens is 1. The lowest BCUT2D eigenvalue weighted by Crippen LogP contribution is -2.23. The summed E-state index contributed by atoms with van der Waals surface area (Å²) in [6.07, 6.45) is 1.86. The fraction of sp³-hybridized carbons (Fsp3) is 0.0714. The van der Waals surface area contributed by atoms with Gasteiger partial charge in [-0.3, -0.25) is 0 Å². The molecule has 0 saturated carbocycles. The Labute approximate surface area is 97.6 Å². The summed E-state index contributed by atoms with van der Waals surface area (Å²) in [6.45, 7) is 1.85. The van der Waals surface area contributed by atoms with E-state index >= 15 is 0 Å². The highest BCUT2D eigenvalue weighted by Crippen LogP contribution is 2.28. The molecule has 84 valence electrons. The zero-order valence-electron chi connectivity index (χ0n) is 9.31. The van der Waals surface area contributed by atoms with E-state index in [1.54, 1.807) is 6.07 Å². The molecule has 0 bridgehead atoms. The molecule has 0 radical (unpaired) electrons. The Hall–Kier alpha value is -2.16. The Bertz CT molecular complexity index is 737. The standard InChI is InChI=1S/C14H10FNO/c1-9-12-4-2-3-7-16(12)13-8-10(15)5-6-11(13)14(9)17/h2-8H,1H3/p+1. The third-order valence-electron chi connectivity index (χ3n) is 3.07. The van der Waals surface area contributed by atoms with Crippen LogP contribution in [0.25, 0.3) is 16.4 Å². The summed E-state index contributed by atoms with van der Waals surface area (Å²) in [5.41, 5.74) is 2.34. The minimum Gasteiger partial charge on any atom is -0.507 e. The molecule has 17 heavy (non-hydrogen) atoms. The maximum absolute atomic E-state index is 13.3. The fourth-order valence-electron chi connectivity index (χ4n) is 2.19. The van der Waals surface area contributed by atoms with Crippen molar-refractivity contribution in [1.29, 1.82) is 0 Å². The summed E-state index contributed by atoms with van der Waals surface area (Å²) in [6, 6.07) is 10.1. The predicted octanol–water partition coefficient (Wildman–Crippen LogP) is 2.73. The molecule has 0 aliphatic carbocycles. The molecule has 0 aliphatic heterocycles. The Morgan fingerprint density at radius 3 is 2.76 bits per heavy atom. The molecule has 0 saturated heterocycles. The van der Waals surface area contributed by atoms with Crippen molar-refractivity contribution in [2.24, 2.45) is 0 Å². The summed E-state index contributed by atoms with van der Waals surface area (Å²) in [4.78, 5) is 0. The highest BCUT2D eigenvalue weighted by molar-refractivity contribution is 5.86. The van der Waals surface area contributed by atoms with Crippen LogP contribution in [0, 0.1) is 12.7 Å². The molecule has 1 N–H and O–H groups in total. The van der Waals surface area contributed by atoms with Gasteiger partial charge in [0.2, 0.25) is 11.0 Å². The van der Waals surface area contributed by atoms with Gasteiger partial charge in [0.05, 0.1) is 10.9 Å². The van der Waals surface area contributed by atoms with Gasteiger partial charge in [0, 0.05) is 18.2 Å². The van der Waals surface area contributed by atoms with Gasteiger partial charge < -0.3 is 5.11 Å². The van der Waals surface area contributed by atoms with Crippen LogP contribution in [0.2, 0.25) is 0 Å². The SMILES string of the molecule is Cc1c(O)c2ccc(F)cc2[n+]2ccccc12. The molecular weight excluding hydrogens is 217 g/mol. The number of rotatable bonds is 0. The Morgan fingerprint density at radius 1 is 1.12 bits per heavy atom. The molecule has 0 amide bonds. The number of benzene rings is 1. The smallest absolute Gasteiger partial charge is 0.225 e. The summed E-state index contributed by atoms with van der Waals surface area (Å²) >= 11 is 0. The van der Waals surface area contributed by atoms with E-state index in [1.165, 1.54) is 12.1 Å². The van der Waals surface area contributed by atoms with E-state index in [1.807, 2.05) is 35.7 Å². The summed E-state index contributed by atoms with van der Waals surface area (Å²) in [7, 11) is 0. The van der Waals surface area contributed by atoms with Crippen molar-refractivity contribution in [2.45, 2.75) is 6.92 Å². The predicted molar refractivity (Wildman–Crippen MR) is 63.5 cm³/mol. The number of hydrogen-bond acceptors (Lipinski definition) is 1. The third kappa shape index (κ3) is 1.35. The van der Waals surface area contributed by atoms with E-state index in [4.69, 9.17) is 0 Å². The van der Waals surface area contributed by atoms with Crippen molar-refractivity contribution < 1.29 is 13.9 Å². The monoisotopic (exact) mass is 228 g/mol.